The van der Waals surface area contributed by atoms with Crippen molar-refractivity contribution in [1.82, 2.24) is 0 Å². The van der Waals surface area contributed by atoms with E-state index < -0.39 is 9.85 Å². The standard InChI is InChI=1S/C14H10N2O5/c17-13-3-1-2-10(8-13)4-5-11-6-7-12(15(18)19)9-14(11)16(20)21/h1-9,17H/b5-4+. The molecule has 0 saturated carbocycles. The van der Waals surface area contributed by atoms with Crippen LogP contribution in [0.1, 0.15) is 11.1 Å². The van der Waals surface area contributed by atoms with E-state index in [2.05, 4.69) is 0 Å². The number of benzene rings is 2. The average Bonchev–Trinajstić information content (AvgIpc) is 2.44. The van der Waals surface area contributed by atoms with Crippen LogP contribution in [0.3, 0.4) is 0 Å². The number of nitro benzene ring substituents is 2. The maximum Gasteiger partial charge on any atom is 0.283 e. The highest BCUT2D eigenvalue weighted by atomic mass is 16.6. The lowest BCUT2D eigenvalue weighted by Crippen LogP contribution is -1.94. The molecule has 0 amide bonds. The number of rotatable bonds is 4. The van der Waals surface area contributed by atoms with E-state index in [4.69, 9.17) is 0 Å². The molecule has 2 aromatic rings. The topological polar surface area (TPSA) is 107 Å². The van der Waals surface area contributed by atoms with Gasteiger partial charge in [0.15, 0.2) is 0 Å². The fourth-order valence-electron chi connectivity index (χ4n) is 1.76. The third-order valence-electron chi connectivity index (χ3n) is 2.75. The Kier molecular flexibility index (Phi) is 3.94. The van der Waals surface area contributed by atoms with Crippen LogP contribution in [0.5, 0.6) is 5.75 Å². The molecule has 7 nitrogen and oxygen atoms in total. The summed E-state index contributed by atoms with van der Waals surface area (Å²) >= 11 is 0. The average molecular weight is 286 g/mol. The van der Waals surface area contributed by atoms with Gasteiger partial charge in [0.25, 0.3) is 11.4 Å². The lowest BCUT2D eigenvalue weighted by molar-refractivity contribution is -0.394. The van der Waals surface area contributed by atoms with E-state index in [1.165, 1.54) is 30.3 Å². The number of phenols is 1. The zero-order chi connectivity index (χ0) is 15.4. The number of hydrogen-bond acceptors (Lipinski definition) is 5. The fraction of sp³-hybridized carbons (Fsp3) is 0. The molecule has 21 heavy (non-hydrogen) atoms. The van der Waals surface area contributed by atoms with Crippen molar-refractivity contribution in [3.8, 4) is 5.75 Å². The van der Waals surface area contributed by atoms with Crippen LogP contribution in [0.15, 0.2) is 42.5 Å². The molecular weight excluding hydrogens is 276 g/mol. The largest absolute Gasteiger partial charge is 0.508 e. The van der Waals surface area contributed by atoms with Crippen LogP contribution in [0, 0.1) is 20.2 Å². The molecule has 1 N–H and O–H groups in total. The van der Waals surface area contributed by atoms with Crippen LogP contribution in [-0.4, -0.2) is 15.0 Å². The summed E-state index contributed by atoms with van der Waals surface area (Å²) in [5.41, 5.74) is 0.216. The van der Waals surface area contributed by atoms with Crippen LogP contribution in [0.25, 0.3) is 12.2 Å². The van der Waals surface area contributed by atoms with E-state index in [9.17, 15) is 25.3 Å². The van der Waals surface area contributed by atoms with Crippen LogP contribution < -0.4 is 0 Å². The lowest BCUT2D eigenvalue weighted by atomic mass is 10.1. The monoisotopic (exact) mass is 286 g/mol. The molecule has 7 heteroatoms. The minimum atomic E-state index is -0.685. The molecule has 0 atom stereocenters. The Balaban J connectivity index is 2.39. The summed E-state index contributed by atoms with van der Waals surface area (Å²) in [6.07, 6.45) is 3.05. The van der Waals surface area contributed by atoms with Gasteiger partial charge in [-0.2, -0.15) is 0 Å². The van der Waals surface area contributed by atoms with Gasteiger partial charge in [0.2, 0.25) is 0 Å². The number of hydrogen-bond donors (Lipinski definition) is 1. The van der Waals surface area contributed by atoms with E-state index in [1.807, 2.05) is 0 Å². The maximum absolute atomic E-state index is 11.0. The molecule has 0 spiro atoms. The van der Waals surface area contributed by atoms with E-state index in [0.717, 1.165) is 6.07 Å². The van der Waals surface area contributed by atoms with Crippen molar-refractivity contribution in [2.24, 2.45) is 0 Å². The highest BCUT2D eigenvalue weighted by Gasteiger charge is 2.17. The summed E-state index contributed by atoms with van der Waals surface area (Å²) in [5.74, 6) is 0.0790. The third kappa shape index (κ3) is 3.41. The Bertz CT molecular complexity index is 740. The second kappa shape index (κ2) is 5.83. The van der Waals surface area contributed by atoms with Gasteiger partial charge in [0.05, 0.1) is 21.5 Å². The Morgan fingerprint density at radius 2 is 1.71 bits per heavy atom. The first-order valence-electron chi connectivity index (χ1n) is 5.87. The summed E-state index contributed by atoms with van der Waals surface area (Å²) in [4.78, 5) is 20.3. The smallest absolute Gasteiger partial charge is 0.283 e. The number of nitrogens with zero attached hydrogens (tertiary/aromatic N) is 2. The molecule has 0 radical (unpaired) electrons. The summed E-state index contributed by atoms with van der Waals surface area (Å²) in [6.45, 7) is 0. The Hall–Kier alpha value is -3.22. The number of phenolic OH excluding ortho intramolecular Hbond substituents is 1. The van der Waals surface area contributed by atoms with Gasteiger partial charge in [-0.05, 0) is 29.8 Å². The highest BCUT2D eigenvalue weighted by molar-refractivity contribution is 5.75. The van der Waals surface area contributed by atoms with Crippen LogP contribution in [0.4, 0.5) is 11.4 Å². The molecule has 0 heterocycles. The second-order valence-corrected chi connectivity index (χ2v) is 4.19. The molecule has 0 aliphatic carbocycles. The molecule has 2 rings (SSSR count). The molecular formula is C14H10N2O5. The van der Waals surface area contributed by atoms with Crippen molar-refractivity contribution >= 4 is 23.5 Å². The first kappa shape index (κ1) is 14.2. The Labute approximate surface area is 119 Å². The Morgan fingerprint density at radius 1 is 0.952 bits per heavy atom. The molecule has 0 aliphatic heterocycles. The van der Waals surface area contributed by atoms with Crippen molar-refractivity contribution in [3.63, 3.8) is 0 Å². The van der Waals surface area contributed by atoms with Crippen molar-refractivity contribution in [2.45, 2.75) is 0 Å². The number of aromatic hydroxyl groups is 1. The molecule has 2 aromatic carbocycles. The van der Waals surface area contributed by atoms with Gasteiger partial charge in [0.1, 0.15) is 5.75 Å². The third-order valence-corrected chi connectivity index (χ3v) is 2.75. The van der Waals surface area contributed by atoms with Crippen molar-refractivity contribution < 1.29 is 15.0 Å². The lowest BCUT2D eigenvalue weighted by Gasteiger charge is -1.99. The molecule has 0 bridgehead atoms. The molecule has 0 unspecified atom stereocenters. The number of nitro groups is 2. The molecule has 0 aromatic heterocycles. The van der Waals surface area contributed by atoms with Crippen molar-refractivity contribution in [2.75, 3.05) is 0 Å². The fourth-order valence-corrected chi connectivity index (χ4v) is 1.76. The predicted octanol–water partition coefficient (Wildman–Crippen LogP) is 3.38. The Morgan fingerprint density at radius 3 is 2.33 bits per heavy atom. The minimum absolute atomic E-state index is 0.0790. The first-order valence-corrected chi connectivity index (χ1v) is 5.87. The van der Waals surface area contributed by atoms with Gasteiger partial charge in [-0.1, -0.05) is 18.2 Å². The quantitative estimate of drug-likeness (QED) is 0.526. The molecule has 106 valence electrons. The first-order chi connectivity index (χ1) is 9.97. The van der Waals surface area contributed by atoms with Gasteiger partial charge in [-0.3, -0.25) is 20.2 Å². The van der Waals surface area contributed by atoms with Crippen LogP contribution in [-0.2, 0) is 0 Å². The molecule has 0 aliphatic rings. The maximum atomic E-state index is 11.0. The van der Waals surface area contributed by atoms with Gasteiger partial charge < -0.3 is 5.11 Å². The van der Waals surface area contributed by atoms with Crippen LogP contribution >= 0.6 is 0 Å². The van der Waals surface area contributed by atoms with Gasteiger partial charge in [-0.25, -0.2) is 0 Å². The normalized spacial score (nSPS) is 10.7. The molecule has 0 saturated heterocycles. The zero-order valence-corrected chi connectivity index (χ0v) is 10.7. The summed E-state index contributed by atoms with van der Waals surface area (Å²) in [6, 6.07) is 9.79. The summed E-state index contributed by atoms with van der Waals surface area (Å²) < 4.78 is 0. The number of non-ortho nitro benzene ring substituents is 1. The van der Waals surface area contributed by atoms with Gasteiger partial charge in [0, 0.05) is 6.07 Å². The van der Waals surface area contributed by atoms with E-state index in [0.29, 0.717) is 5.56 Å². The summed E-state index contributed by atoms with van der Waals surface area (Å²) in [5, 5.41) is 30.9. The minimum Gasteiger partial charge on any atom is -0.508 e. The van der Waals surface area contributed by atoms with Gasteiger partial charge in [-0.15, -0.1) is 0 Å². The van der Waals surface area contributed by atoms with E-state index in [1.54, 1.807) is 18.2 Å². The van der Waals surface area contributed by atoms with Crippen LogP contribution in [0.2, 0.25) is 0 Å². The van der Waals surface area contributed by atoms with Crippen molar-refractivity contribution in [3.05, 3.63) is 73.8 Å². The van der Waals surface area contributed by atoms with E-state index >= 15 is 0 Å². The highest BCUT2D eigenvalue weighted by Crippen LogP contribution is 2.26. The molecule has 0 fully saturated rings. The van der Waals surface area contributed by atoms with E-state index in [-0.39, 0.29) is 22.7 Å². The van der Waals surface area contributed by atoms with Gasteiger partial charge >= 0.3 is 0 Å². The zero-order valence-electron chi connectivity index (χ0n) is 10.7. The predicted molar refractivity (Wildman–Crippen MR) is 76.8 cm³/mol. The SMILES string of the molecule is O=[N+]([O-])c1ccc(/C=C/c2cccc(O)c2)c([N+](=O)[O-])c1. The van der Waals surface area contributed by atoms with Crippen molar-refractivity contribution in [1.29, 1.82) is 0 Å². The second-order valence-electron chi connectivity index (χ2n) is 4.19. The summed E-state index contributed by atoms with van der Waals surface area (Å²) in [7, 11) is 0.